The molecule has 126 valence electrons. The Balaban J connectivity index is 2.17. The van der Waals surface area contributed by atoms with Gasteiger partial charge in [0.1, 0.15) is 5.69 Å². The number of carbonyl (C=O) groups is 2. The van der Waals surface area contributed by atoms with Gasteiger partial charge in [0, 0.05) is 12.0 Å². The van der Waals surface area contributed by atoms with Crippen molar-refractivity contribution in [2.75, 3.05) is 0 Å². The minimum Gasteiger partial charge on any atom is -0.366 e. The van der Waals surface area contributed by atoms with Crippen LogP contribution in [0.3, 0.4) is 0 Å². The second-order valence-corrected chi connectivity index (χ2v) is 6.77. The molecule has 24 heavy (non-hydrogen) atoms. The van der Waals surface area contributed by atoms with E-state index in [2.05, 4.69) is 5.10 Å². The fourth-order valence-corrected chi connectivity index (χ4v) is 3.11. The molecule has 1 aliphatic carbocycles. The smallest absolute Gasteiger partial charge is 0.282 e. The van der Waals surface area contributed by atoms with E-state index in [9.17, 15) is 18.4 Å². The van der Waals surface area contributed by atoms with Crippen LogP contribution >= 0.6 is 0 Å². The minimum atomic E-state index is -2.82. The Hall–Kier alpha value is -2.57. The highest BCUT2D eigenvalue weighted by Crippen LogP contribution is 2.39. The molecule has 0 unspecified atom stereocenters. The van der Waals surface area contributed by atoms with E-state index in [0.717, 1.165) is 0 Å². The number of nitrogens with two attached hydrogens (primary N) is 1. The lowest BCUT2D eigenvalue weighted by Crippen LogP contribution is -2.28. The maximum absolute atomic E-state index is 13.3. The molecular weight excluding hydrogens is 316 g/mol. The first-order valence-corrected chi connectivity index (χ1v) is 7.53. The summed E-state index contributed by atoms with van der Waals surface area (Å²) in [6.45, 7) is 3.84. The van der Waals surface area contributed by atoms with E-state index in [1.807, 2.05) is 13.8 Å². The number of halogens is 2. The number of alkyl halides is 2. The first kappa shape index (κ1) is 16.3. The number of amides is 1. The summed E-state index contributed by atoms with van der Waals surface area (Å²) in [5.41, 5.74) is 5.73. The van der Waals surface area contributed by atoms with Gasteiger partial charge in [-0.1, -0.05) is 13.8 Å². The Morgan fingerprint density at radius 1 is 1.25 bits per heavy atom. The SMILES string of the molecule is CC1(C)CC(=O)c2c(C(F)F)nn(-c3ccc(C(N)=O)cc3)c2C1. The van der Waals surface area contributed by atoms with E-state index < -0.39 is 18.0 Å². The summed E-state index contributed by atoms with van der Waals surface area (Å²) < 4.78 is 28.0. The van der Waals surface area contributed by atoms with Gasteiger partial charge in [-0.25, -0.2) is 13.5 Å². The van der Waals surface area contributed by atoms with Gasteiger partial charge < -0.3 is 5.73 Å². The van der Waals surface area contributed by atoms with Gasteiger partial charge in [-0.05, 0) is 36.1 Å². The maximum Gasteiger partial charge on any atom is 0.282 e. The molecule has 0 radical (unpaired) electrons. The van der Waals surface area contributed by atoms with E-state index in [1.54, 1.807) is 12.1 Å². The van der Waals surface area contributed by atoms with Crippen LogP contribution in [0, 0.1) is 5.41 Å². The molecule has 0 atom stereocenters. The van der Waals surface area contributed by atoms with Crippen LogP contribution in [-0.2, 0) is 6.42 Å². The number of fused-ring (bicyclic) bond motifs is 1. The second kappa shape index (κ2) is 5.51. The van der Waals surface area contributed by atoms with Crippen molar-refractivity contribution < 1.29 is 18.4 Å². The fraction of sp³-hybridized carbons (Fsp3) is 0.353. The summed E-state index contributed by atoms with van der Waals surface area (Å²) in [5.74, 6) is -0.884. The molecular formula is C17H17F2N3O2. The van der Waals surface area contributed by atoms with Gasteiger partial charge in [0.2, 0.25) is 5.91 Å². The van der Waals surface area contributed by atoms with E-state index in [0.29, 0.717) is 23.4 Å². The lowest BCUT2D eigenvalue weighted by atomic mass is 9.75. The highest BCUT2D eigenvalue weighted by molar-refractivity contribution is 6.00. The first-order valence-electron chi connectivity index (χ1n) is 7.53. The summed E-state index contributed by atoms with van der Waals surface area (Å²) >= 11 is 0. The van der Waals surface area contributed by atoms with E-state index in [4.69, 9.17) is 5.73 Å². The van der Waals surface area contributed by atoms with E-state index in [1.165, 1.54) is 16.8 Å². The molecule has 0 fully saturated rings. The van der Waals surface area contributed by atoms with Crippen LogP contribution in [0.4, 0.5) is 8.78 Å². The average Bonchev–Trinajstić information content (AvgIpc) is 2.85. The molecule has 0 bridgehead atoms. The van der Waals surface area contributed by atoms with E-state index >= 15 is 0 Å². The van der Waals surface area contributed by atoms with Crippen LogP contribution < -0.4 is 5.73 Å². The van der Waals surface area contributed by atoms with Gasteiger partial charge in [0.25, 0.3) is 6.43 Å². The van der Waals surface area contributed by atoms with Gasteiger partial charge in [0.05, 0.1) is 16.9 Å². The molecule has 0 aliphatic heterocycles. The van der Waals surface area contributed by atoms with Crippen molar-refractivity contribution in [2.45, 2.75) is 33.1 Å². The molecule has 1 heterocycles. The topological polar surface area (TPSA) is 78.0 Å². The number of Topliss-reactive ketones (excluding diaryl/α,β-unsaturated/α-hetero) is 1. The average molecular weight is 333 g/mol. The number of rotatable bonds is 3. The van der Waals surface area contributed by atoms with Crippen molar-refractivity contribution >= 4 is 11.7 Å². The third kappa shape index (κ3) is 2.70. The van der Waals surface area contributed by atoms with E-state index in [-0.39, 0.29) is 23.2 Å². The summed E-state index contributed by atoms with van der Waals surface area (Å²) in [5, 5.41) is 3.98. The fourth-order valence-electron chi connectivity index (χ4n) is 3.11. The molecule has 1 aromatic heterocycles. The number of primary amides is 1. The van der Waals surface area contributed by atoms with Crippen molar-refractivity contribution in [1.29, 1.82) is 0 Å². The van der Waals surface area contributed by atoms with Crippen molar-refractivity contribution in [3.05, 3.63) is 46.8 Å². The van der Waals surface area contributed by atoms with Crippen molar-refractivity contribution in [1.82, 2.24) is 9.78 Å². The molecule has 5 nitrogen and oxygen atoms in total. The molecule has 7 heteroatoms. The monoisotopic (exact) mass is 333 g/mol. The highest BCUT2D eigenvalue weighted by Gasteiger charge is 2.38. The molecule has 0 saturated carbocycles. The highest BCUT2D eigenvalue weighted by atomic mass is 19.3. The van der Waals surface area contributed by atoms with Gasteiger partial charge in [0.15, 0.2) is 5.78 Å². The Morgan fingerprint density at radius 2 is 1.88 bits per heavy atom. The normalized spacial score (nSPS) is 16.3. The van der Waals surface area contributed by atoms with Crippen LogP contribution in [0.5, 0.6) is 0 Å². The second-order valence-electron chi connectivity index (χ2n) is 6.77. The Labute approximate surface area is 137 Å². The predicted octanol–water partition coefficient (Wildman–Crippen LogP) is 3.06. The number of benzene rings is 1. The summed E-state index contributed by atoms with van der Waals surface area (Å²) in [6.07, 6.45) is -2.15. The summed E-state index contributed by atoms with van der Waals surface area (Å²) in [6, 6.07) is 6.16. The zero-order valence-corrected chi connectivity index (χ0v) is 13.3. The standard InChI is InChI=1S/C17H17F2N3O2/c1-17(2)7-11-13(12(23)8-17)14(15(18)19)21-22(11)10-5-3-9(4-6-10)16(20)24/h3-6,15H,7-8H2,1-2H3,(H2,20,24). The number of hydrogen-bond donors (Lipinski definition) is 1. The van der Waals surface area contributed by atoms with Crippen LogP contribution in [-0.4, -0.2) is 21.5 Å². The lowest BCUT2D eigenvalue weighted by Gasteiger charge is -2.29. The predicted molar refractivity (Wildman–Crippen MR) is 83.5 cm³/mol. The van der Waals surface area contributed by atoms with Crippen LogP contribution in [0.2, 0.25) is 0 Å². The molecule has 0 saturated heterocycles. The van der Waals surface area contributed by atoms with Gasteiger partial charge >= 0.3 is 0 Å². The number of hydrogen-bond acceptors (Lipinski definition) is 3. The molecule has 2 N–H and O–H groups in total. The van der Waals surface area contributed by atoms with Crippen LogP contribution in [0.1, 0.15) is 58.8 Å². The first-order chi connectivity index (χ1) is 11.2. The quantitative estimate of drug-likeness (QED) is 0.937. The van der Waals surface area contributed by atoms with Gasteiger partial charge in [-0.3, -0.25) is 9.59 Å². The Morgan fingerprint density at radius 3 is 2.42 bits per heavy atom. The lowest BCUT2D eigenvalue weighted by molar-refractivity contribution is 0.0896. The molecule has 0 spiro atoms. The zero-order chi connectivity index (χ0) is 17.6. The molecule has 2 aromatic rings. The third-order valence-corrected chi connectivity index (χ3v) is 4.18. The molecule has 3 rings (SSSR count). The number of nitrogens with zero attached hydrogens (tertiary/aromatic N) is 2. The maximum atomic E-state index is 13.3. The van der Waals surface area contributed by atoms with Crippen molar-refractivity contribution in [2.24, 2.45) is 11.1 Å². The largest absolute Gasteiger partial charge is 0.366 e. The zero-order valence-electron chi connectivity index (χ0n) is 13.3. The van der Waals surface area contributed by atoms with Crippen LogP contribution in [0.25, 0.3) is 5.69 Å². The minimum absolute atomic E-state index is 0.0308. The van der Waals surface area contributed by atoms with Gasteiger partial charge in [-0.2, -0.15) is 5.10 Å². The van der Waals surface area contributed by atoms with Gasteiger partial charge in [-0.15, -0.1) is 0 Å². The molecule has 1 aromatic carbocycles. The van der Waals surface area contributed by atoms with Crippen molar-refractivity contribution in [3.63, 3.8) is 0 Å². The Bertz CT molecular complexity index is 823. The number of aromatic nitrogens is 2. The summed E-state index contributed by atoms with van der Waals surface area (Å²) in [7, 11) is 0. The Kier molecular flexibility index (Phi) is 3.74. The summed E-state index contributed by atoms with van der Waals surface area (Å²) in [4.78, 5) is 23.5. The van der Waals surface area contributed by atoms with Crippen LogP contribution in [0.15, 0.2) is 24.3 Å². The third-order valence-electron chi connectivity index (χ3n) is 4.18. The number of carbonyl (C=O) groups excluding carboxylic acids is 2. The van der Waals surface area contributed by atoms with Crippen molar-refractivity contribution in [3.8, 4) is 5.69 Å². The molecule has 1 amide bonds. The number of ketones is 1. The molecule has 1 aliphatic rings.